The number of hydrogen-bond acceptors (Lipinski definition) is 3. The average Bonchev–Trinajstić information content (AvgIpc) is 2.26. The molecule has 0 aliphatic carbocycles. The van der Waals surface area contributed by atoms with E-state index in [4.69, 9.17) is 0 Å². The van der Waals surface area contributed by atoms with Crippen LogP contribution in [0.3, 0.4) is 0 Å². The van der Waals surface area contributed by atoms with Gasteiger partial charge in [-0.1, -0.05) is 25.1 Å². The second kappa shape index (κ2) is 6.14. The van der Waals surface area contributed by atoms with Crippen LogP contribution in [-0.2, 0) is 16.4 Å². The second-order valence-electron chi connectivity index (χ2n) is 4.06. The predicted molar refractivity (Wildman–Crippen MR) is 67.3 cm³/mol. The summed E-state index contributed by atoms with van der Waals surface area (Å²) in [5, 5.41) is 9.36. The number of hydrogen-bond donors (Lipinski definition) is 2. The minimum atomic E-state index is -3.46. The molecule has 0 heterocycles. The zero-order valence-corrected chi connectivity index (χ0v) is 11.0. The lowest BCUT2D eigenvalue weighted by Gasteiger charge is -2.12. The first-order chi connectivity index (χ1) is 7.97. The Morgan fingerprint density at radius 2 is 2.00 bits per heavy atom. The molecular weight excluding hydrogens is 238 g/mol. The fraction of sp³-hybridized carbons (Fsp3) is 0.500. The summed E-state index contributed by atoms with van der Waals surface area (Å²) >= 11 is 0. The summed E-state index contributed by atoms with van der Waals surface area (Å²) in [6.45, 7) is 3.97. The van der Waals surface area contributed by atoms with Crippen LogP contribution < -0.4 is 4.72 Å². The Morgan fingerprint density at radius 1 is 1.35 bits per heavy atom. The Morgan fingerprint density at radius 3 is 2.59 bits per heavy atom. The van der Waals surface area contributed by atoms with Crippen molar-refractivity contribution >= 4 is 10.0 Å². The van der Waals surface area contributed by atoms with E-state index in [9.17, 15) is 13.5 Å². The van der Waals surface area contributed by atoms with Gasteiger partial charge in [0, 0.05) is 6.54 Å². The Kier molecular flexibility index (Phi) is 5.11. The molecular formula is C12H19NO3S. The molecule has 1 unspecified atom stereocenters. The molecule has 1 aromatic carbocycles. The highest BCUT2D eigenvalue weighted by atomic mass is 32.2. The second-order valence-corrected chi connectivity index (χ2v) is 5.79. The number of nitrogens with one attached hydrogen (secondary N) is 1. The van der Waals surface area contributed by atoms with Crippen LogP contribution in [0.4, 0.5) is 0 Å². The van der Waals surface area contributed by atoms with Crippen LogP contribution >= 0.6 is 0 Å². The summed E-state index contributed by atoms with van der Waals surface area (Å²) in [6.07, 6.45) is 0.526. The van der Waals surface area contributed by atoms with E-state index in [1.165, 1.54) is 0 Å². The molecule has 1 rings (SSSR count). The van der Waals surface area contributed by atoms with Gasteiger partial charge in [-0.25, -0.2) is 13.1 Å². The van der Waals surface area contributed by atoms with Crippen LogP contribution in [0.2, 0.25) is 0 Å². The Bertz CT molecular complexity index is 455. The molecule has 0 amide bonds. The molecule has 0 spiro atoms. The van der Waals surface area contributed by atoms with Gasteiger partial charge in [-0.3, -0.25) is 0 Å². The van der Waals surface area contributed by atoms with Gasteiger partial charge in [-0.15, -0.1) is 0 Å². The van der Waals surface area contributed by atoms with E-state index in [1.54, 1.807) is 31.2 Å². The van der Waals surface area contributed by atoms with Gasteiger partial charge >= 0.3 is 0 Å². The van der Waals surface area contributed by atoms with Gasteiger partial charge in [0.15, 0.2) is 0 Å². The van der Waals surface area contributed by atoms with Crippen molar-refractivity contribution in [3.63, 3.8) is 0 Å². The standard InChI is InChI=1S/C12H19NO3S/c1-3-8-13-17(15,16)12-7-5-4-6-11(12)9-10(2)14/h4-7,10,13-14H,3,8-9H2,1-2H3. The summed E-state index contributed by atoms with van der Waals surface area (Å²) in [5.74, 6) is 0. The van der Waals surface area contributed by atoms with Crippen molar-refractivity contribution in [1.82, 2.24) is 4.72 Å². The van der Waals surface area contributed by atoms with Gasteiger partial charge < -0.3 is 5.11 Å². The first kappa shape index (κ1) is 14.2. The topological polar surface area (TPSA) is 66.4 Å². The Balaban J connectivity index is 3.04. The smallest absolute Gasteiger partial charge is 0.240 e. The van der Waals surface area contributed by atoms with Crippen molar-refractivity contribution in [3.05, 3.63) is 29.8 Å². The third-order valence-electron chi connectivity index (χ3n) is 2.32. The number of benzene rings is 1. The third-order valence-corrected chi connectivity index (χ3v) is 3.88. The molecule has 1 aromatic rings. The molecule has 96 valence electrons. The van der Waals surface area contributed by atoms with E-state index in [2.05, 4.69) is 4.72 Å². The molecule has 0 saturated carbocycles. The van der Waals surface area contributed by atoms with Crippen molar-refractivity contribution in [3.8, 4) is 0 Å². The van der Waals surface area contributed by atoms with Crippen LogP contribution in [0.1, 0.15) is 25.8 Å². The third kappa shape index (κ3) is 4.11. The molecule has 0 aromatic heterocycles. The van der Waals surface area contributed by atoms with Crippen molar-refractivity contribution in [2.24, 2.45) is 0 Å². The van der Waals surface area contributed by atoms with E-state index in [1.807, 2.05) is 6.92 Å². The number of sulfonamides is 1. The molecule has 17 heavy (non-hydrogen) atoms. The lowest BCUT2D eigenvalue weighted by atomic mass is 10.1. The highest BCUT2D eigenvalue weighted by Crippen LogP contribution is 2.16. The van der Waals surface area contributed by atoms with Gasteiger partial charge in [0.25, 0.3) is 0 Å². The van der Waals surface area contributed by atoms with E-state index in [0.29, 0.717) is 18.5 Å². The molecule has 1 atom stereocenters. The highest BCUT2D eigenvalue weighted by Gasteiger charge is 2.17. The first-order valence-electron chi connectivity index (χ1n) is 5.73. The van der Waals surface area contributed by atoms with E-state index in [0.717, 1.165) is 6.42 Å². The molecule has 0 radical (unpaired) electrons. The van der Waals surface area contributed by atoms with Crippen LogP contribution in [0.25, 0.3) is 0 Å². The van der Waals surface area contributed by atoms with Crippen LogP contribution in [0.5, 0.6) is 0 Å². The first-order valence-corrected chi connectivity index (χ1v) is 7.21. The lowest BCUT2D eigenvalue weighted by Crippen LogP contribution is -2.26. The van der Waals surface area contributed by atoms with Crippen molar-refractivity contribution in [2.45, 2.75) is 37.7 Å². The Hall–Kier alpha value is -0.910. The van der Waals surface area contributed by atoms with Gasteiger partial charge in [-0.2, -0.15) is 0 Å². The fourth-order valence-corrected chi connectivity index (χ4v) is 2.95. The molecule has 5 heteroatoms. The largest absolute Gasteiger partial charge is 0.393 e. The molecule has 0 bridgehead atoms. The monoisotopic (exact) mass is 257 g/mol. The summed E-state index contributed by atoms with van der Waals surface area (Å²) in [6, 6.07) is 6.76. The number of aliphatic hydroxyl groups is 1. The van der Waals surface area contributed by atoms with Gasteiger partial charge in [0.2, 0.25) is 10.0 Å². The molecule has 0 aliphatic rings. The zero-order valence-electron chi connectivity index (χ0n) is 10.2. The van der Waals surface area contributed by atoms with E-state index < -0.39 is 16.1 Å². The summed E-state index contributed by atoms with van der Waals surface area (Å²) in [4.78, 5) is 0.259. The summed E-state index contributed by atoms with van der Waals surface area (Å²) in [7, 11) is -3.46. The van der Waals surface area contributed by atoms with Gasteiger partial charge in [0.1, 0.15) is 0 Å². The average molecular weight is 257 g/mol. The summed E-state index contributed by atoms with van der Waals surface area (Å²) in [5.41, 5.74) is 0.645. The molecule has 4 nitrogen and oxygen atoms in total. The molecule has 0 saturated heterocycles. The highest BCUT2D eigenvalue weighted by molar-refractivity contribution is 7.89. The minimum absolute atomic E-state index is 0.259. The van der Waals surface area contributed by atoms with Crippen LogP contribution in [-0.4, -0.2) is 26.2 Å². The van der Waals surface area contributed by atoms with Crippen molar-refractivity contribution in [1.29, 1.82) is 0 Å². The minimum Gasteiger partial charge on any atom is -0.393 e. The Labute approximate surface area is 103 Å². The fourth-order valence-electron chi connectivity index (χ4n) is 1.57. The SMILES string of the molecule is CCCNS(=O)(=O)c1ccccc1CC(C)O. The van der Waals surface area contributed by atoms with E-state index >= 15 is 0 Å². The maximum Gasteiger partial charge on any atom is 0.240 e. The van der Waals surface area contributed by atoms with Gasteiger partial charge in [-0.05, 0) is 31.4 Å². The quantitative estimate of drug-likeness (QED) is 0.807. The van der Waals surface area contributed by atoms with Gasteiger partial charge in [0.05, 0.1) is 11.0 Å². The van der Waals surface area contributed by atoms with Crippen LogP contribution in [0.15, 0.2) is 29.2 Å². The maximum atomic E-state index is 12.0. The summed E-state index contributed by atoms with van der Waals surface area (Å²) < 4.78 is 26.5. The lowest BCUT2D eigenvalue weighted by molar-refractivity contribution is 0.194. The zero-order chi connectivity index (χ0) is 12.9. The van der Waals surface area contributed by atoms with Crippen molar-refractivity contribution < 1.29 is 13.5 Å². The van der Waals surface area contributed by atoms with E-state index in [-0.39, 0.29) is 4.90 Å². The molecule has 2 N–H and O–H groups in total. The van der Waals surface area contributed by atoms with Crippen LogP contribution in [0, 0.1) is 0 Å². The molecule has 0 aliphatic heterocycles. The normalized spacial score (nSPS) is 13.6. The molecule has 0 fully saturated rings. The maximum absolute atomic E-state index is 12.0. The number of aliphatic hydroxyl groups excluding tert-OH is 1. The van der Waals surface area contributed by atoms with Crippen molar-refractivity contribution in [2.75, 3.05) is 6.54 Å². The number of rotatable bonds is 6. The predicted octanol–water partition coefficient (Wildman–Crippen LogP) is 1.30.